The summed E-state index contributed by atoms with van der Waals surface area (Å²) < 4.78 is 12.3. The highest BCUT2D eigenvalue weighted by Gasteiger charge is 2.24. The van der Waals surface area contributed by atoms with E-state index in [9.17, 15) is 9.59 Å². The number of furan rings is 1. The number of hydrogen-bond acceptors (Lipinski definition) is 5. The lowest BCUT2D eigenvalue weighted by Gasteiger charge is -2.10. The van der Waals surface area contributed by atoms with E-state index < -0.39 is 0 Å². The molecule has 23 heavy (non-hydrogen) atoms. The number of nitrogens with zero attached hydrogens (tertiary/aromatic N) is 2. The molecule has 7 heteroatoms. The van der Waals surface area contributed by atoms with Gasteiger partial charge in [0.25, 0.3) is 11.5 Å². The third-order valence-electron chi connectivity index (χ3n) is 3.92. The first-order chi connectivity index (χ1) is 11.1. The molecule has 7 nitrogen and oxygen atoms in total. The second-order valence-corrected chi connectivity index (χ2v) is 5.55. The van der Waals surface area contributed by atoms with Crippen molar-refractivity contribution >= 4 is 17.0 Å². The summed E-state index contributed by atoms with van der Waals surface area (Å²) in [6, 6.07) is 0. The van der Waals surface area contributed by atoms with Crippen LogP contribution in [-0.4, -0.2) is 34.7 Å². The summed E-state index contributed by atoms with van der Waals surface area (Å²) in [7, 11) is 0. The average molecular weight is 317 g/mol. The molecule has 1 aliphatic heterocycles. The maximum atomic E-state index is 12.5. The molecule has 3 heterocycles. The van der Waals surface area contributed by atoms with Crippen molar-refractivity contribution in [3.8, 4) is 0 Å². The molecule has 1 N–H and O–H groups in total. The van der Waals surface area contributed by atoms with Gasteiger partial charge >= 0.3 is 0 Å². The van der Waals surface area contributed by atoms with Crippen molar-refractivity contribution in [2.45, 2.75) is 32.4 Å². The molecule has 1 saturated heterocycles. The predicted octanol–water partition coefficient (Wildman–Crippen LogP) is 1.39. The number of carbonyl (C=O) groups excluding carboxylic acids is 1. The van der Waals surface area contributed by atoms with E-state index in [0.717, 1.165) is 19.4 Å². The summed E-state index contributed by atoms with van der Waals surface area (Å²) in [4.78, 5) is 29.1. The Kier molecular flexibility index (Phi) is 4.29. The Morgan fingerprint density at radius 3 is 3.13 bits per heavy atom. The maximum absolute atomic E-state index is 12.5. The zero-order valence-corrected chi connectivity index (χ0v) is 13.0. The molecule has 0 spiro atoms. The van der Waals surface area contributed by atoms with Crippen LogP contribution in [0.1, 0.15) is 29.0 Å². The molecule has 1 atom stereocenters. The Morgan fingerprint density at radius 1 is 1.61 bits per heavy atom. The first-order valence-corrected chi connectivity index (χ1v) is 7.61. The molecule has 1 unspecified atom stereocenters. The van der Waals surface area contributed by atoms with Gasteiger partial charge in [-0.25, -0.2) is 4.98 Å². The minimum atomic E-state index is -0.341. The van der Waals surface area contributed by atoms with Crippen molar-refractivity contribution in [1.82, 2.24) is 14.9 Å². The van der Waals surface area contributed by atoms with E-state index in [1.54, 1.807) is 13.0 Å². The summed E-state index contributed by atoms with van der Waals surface area (Å²) in [5, 5.41) is 3.02. The summed E-state index contributed by atoms with van der Waals surface area (Å²) in [6.07, 6.45) is 4.96. The fourth-order valence-corrected chi connectivity index (χ4v) is 2.78. The Morgan fingerprint density at radius 2 is 2.43 bits per heavy atom. The van der Waals surface area contributed by atoms with Gasteiger partial charge in [0.1, 0.15) is 17.5 Å². The van der Waals surface area contributed by atoms with Crippen molar-refractivity contribution in [2.75, 3.05) is 13.2 Å². The molecule has 1 fully saturated rings. The van der Waals surface area contributed by atoms with Crippen LogP contribution in [0.25, 0.3) is 11.1 Å². The first-order valence-electron chi connectivity index (χ1n) is 7.61. The number of carbonyl (C=O) groups is 1. The van der Waals surface area contributed by atoms with Crippen LogP contribution in [0.5, 0.6) is 0 Å². The minimum absolute atomic E-state index is 0.0352. The van der Waals surface area contributed by atoms with Crippen molar-refractivity contribution in [2.24, 2.45) is 0 Å². The zero-order valence-electron chi connectivity index (χ0n) is 13.0. The van der Waals surface area contributed by atoms with E-state index in [1.807, 2.05) is 0 Å². The Labute approximate surface area is 132 Å². The molecular formula is C16H19N3O4. The lowest BCUT2D eigenvalue weighted by atomic mass is 10.1. The number of allylic oxidation sites excluding steroid dienone is 1. The van der Waals surface area contributed by atoms with Crippen LogP contribution < -0.4 is 10.9 Å². The van der Waals surface area contributed by atoms with E-state index in [1.165, 1.54) is 10.9 Å². The van der Waals surface area contributed by atoms with Gasteiger partial charge in [-0.15, -0.1) is 6.58 Å². The van der Waals surface area contributed by atoms with Gasteiger partial charge in [-0.2, -0.15) is 0 Å². The summed E-state index contributed by atoms with van der Waals surface area (Å²) in [5.74, 6) is 0.0396. The van der Waals surface area contributed by atoms with Gasteiger partial charge in [0, 0.05) is 19.7 Å². The summed E-state index contributed by atoms with van der Waals surface area (Å²) >= 11 is 0. The predicted molar refractivity (Wildman–Crippen MR) is 84.5 cm³/mol. The molecule has 0 bridgehead atoms. The van der Waals surface area contributed by atoms with Gasteiger partial charge in [0.15, 0.2) is 0 Å². The number of amides is 1. The molecule has 0 saturated carbocycles. The average Bonchev–Trinajstić information content (AvgIpc) is 3.15. The standard InChI is InChI=1S/C16H19N3O4/c1-3-6-19-9-18-15-13(16(19)21)12(10(2)23-15)14(20)17-8-11-5-4-7-22-11/h3,9,11H,1,4-8H2,2H3,(H,17,20). The molecule has 0 aliphatic carbocycles. The van der Waals surface area contributed by atoms with E-state index in [2.05, 4.69) is 16.9 Å². The molecule has 2 aromatic rings. The molecule has 0 radical (unpaired) electrons. The topological polar surface area (TPSA) is 86.4 Å². The number of aryl methyl sites for hydroxylation is 1. The first kappa shape index (κ1) is 15.5. The van der Waals surface area contributed by atoms with E-state index in [-0.39, 0.29) is 34.2 Å². The van der Waals surface area contributed by atoms with E-state index in [0.29, 0.717) is 18.8 Å². The monoisotopic (exact) mass is 317 g/mol. The fourth-order valence-electron chi connectivity index (χ4n) is 2.78. The third-order valence-corrected chi connectivity index (χ3v) is 3.92. The van der Waals surface area contributed by atoms with Crippen LogP contribution in [0.4, 0.5) is 0 Å². The summed E-state index contributed by atoms with van der Waals surface area (Å²) in [5.41, 5.74) is 0.109. The zero-order chi connectivity index (χ0) is 16.4. The van der Waals surface area contributed by atoms with E-state index >= 15 is 0 Å². The largest absolute Gasteiger partial charge is 0.442 e. The minimum Gasteiger partial charge on any atom is -0.442 e. The van der Waals surface area contributed by atoms with Crippen LogP contribution in [0.3, 0.4) is 0 Å². The number of hydrogen-bond donors (Lipinski definition) is 1. The number of fused-ring (bicyclic) bond motifs is 1. The van der Waals surface area contributed by atoms with Crippen molar-refractivity contribution in [3.05, 3.63) is 40.7 Å². The summed E-state index contributed by atoms with van der Waals surface area (Å²) in [6.45, 7) is 6.73. The van der Waals surface area contributed by atoms with Crippen LogP contribution in [0.2, 0.25) is 0 Å². The van der Waals surface area contributed by atoms with Gasteiger partial charge in [-0.3, -0.25) is 14.2 Å². The number of rotatable bonds is 5. The van der Waals surface area contributed by atoms with Gasteiger partial charge in [0.05, 0.1) is 11.7 Å². The molecule has 1 amide bonds. The van der Waals surface area contributed by atoms with Gasteiger partial charge in [-0.1, -0.05) is 6.08 Å². The Hall–Kier alpha value is -2.41. The quantitative estimate of drug-likeness (QED) is 0.842. The maximum Gasteiger partial charge on any atom is 0.265 e. The van der Waals surface area contributed by atoms with Gasteiger partial charge < -0.3 is 14.5 Å². The van der Waals surface area contributed by atoms with Crippen molar-refractivity contribution in [3.63, 3.8) is 0 Å². The van der Waals surface area contributed by atoms with Crippen LogP contribution in [0, 0.1) is 6.92 Å². The lowest BCUT2D eigenvalue weighted by Crippen LogP contribution is -2.32. The molecule has 0 aromatic carbocycles. The number of aromatic nitrogens is 2. The van der Waals surface area contributed by atoms with Crippen LogP contribution in [0.15, 0.2) is 28.2 Å². The van der Waals surface area contributed by atoms with Crippen LogP contribution in [-0.2, 0) is 11.3 Å². The number of ether oxygens (including phenoxy) is 1. The normalized spacial score (nSPS) is 17.5. The number of nitrogens with one attached hydrogen (secondary N) is 1. The van der Waals surface area contributed by atoms with Crippen LogP contribution >= 0.6 is 0 Å². The third kappa shape index (κ3) is 2.92. The second-order valence-electron chi connectivity index (χ2n) is 5.55. The molecule has 3 rings (SSSR count). The fraction of sp³-hybridized carbons (Fsp3) is 0.438. The van der Waals surface area contributed by atoms with Gasteiger partial charge in [-0.05, 0) is 19.8 Å². The SMILES string of the molecule is C=CCn1cnc2oc(C)c(C(=O)NCC3CCCO3)c2c1=O. The van der Waals surface area contributed by atoms with Gasteiger partial charge in [0.2, 0.25) is 5.71 Å². The molecule has 122 valence electrons. The highest BCUT2D eigenvalue weighted by atomic mass is 16.5. The molecule has 1 aliphatic rings. The highest BCUT2D eigenvalue weighted by Crippen LogP contribution is 2.21. The smallest absolute Gasteiger partial charge is 0.265 e. The molecule has 2 aromatic heterocycles. The van der Waals surface area contributed by atoms with E-state index in [4.69, 9.17) is 9.15 Å². The Bertz CT molecular complexity index is 799. The van der Waals surface area contributed by atoms with Crippen molar-refractivity contribution in [1.29, 1.82) is 0 Å². The van der Waals surface area contributed by atoms with Crippen molar-refractivity contribution < 1.29 is 13.9 Å². The molecular weight excluding hydrogens is 298 g/mol. The highest BCUT2D eigenvalue weighted by molar-refractivity contribution is 6.06. The Balaban J connectivity index is 1.93. The second kappa shape index (κ2) is 6.37. The lowest BCUT2D eigenvalue weighted by molar-refractivity contribution is 0.0857.